The standard InChI is InChI=1S/C27H40N4O3S/c1-5-6-7-8-9-10-11-12-25-29-26(32)27(30-25)14-16-31(17-15-27)35(33,34)18-13-24-21(2)19-23(28-4)20-22(24)3/h19-20,28H,5-7,10-18H2,1-4H3,(H,29,30,32). The number of carbonyl (C=O) groups excluding carboxylic acids is 1. The van der Waals surface area contributed by atoms with Gasteiger partial charge in [0.2, 0.25) is 10.0 Å². The number of sulfonamides is 1. The zero-order valence-corrected chi connectivity index (χ0v) is 22.5. The number of aryl methyl sites for hydroxylation is 2. The molecule has 2 aliphatic rings. The summed E-state index contributed by atoms with van der Waals surface area (Å²) >= 11 is 0. The summed E-state index contributed by atoms with van der Waals surface area (Å²) in [7, 11) is -1.53. The zero-order chi connectivity index (χ0) is 25.5. The molecule has 0 atom stereocenters. The molecule has 0 saturated carbocycles. The Morgan fingerprint density at radius 1 is 1.09 bits per heavy atom. The van der Waals surface area contributed by atoms with Gasteiger partial charge in [0.05, 0.1) is 5.75 Å². The average molecular weight is 501 g/mol. The molecule has 0 aromatic heterocycles. The van der Waals surface area contributed by atoms with Crippen LogP contribution in [0.4, 0.5) is 5.69 Å². The molecule has 1 saturated heterocycles. The summed E-state index contributed by atoms with van der Waals surface area (Å²) in [5.74, 6) is 7.08. The Balaban J connectivity index is 1.53. The minimum Gasteiger partial charge on any atom is -0.388 e. The molecule has 1 aromatic rings. The molecule has 0 radical (unpaired) electrons. The number of carbonyl (C=O) groups is 1. The Morgan fingerprint density at radius 3 is 2.31 bits per heavy atom. The molecule has 2 heterocycles. The van der Waals surface area contributed by atoms with E-state index in [9.17, 15) is 13.2 Å². The van der Waals surface area contributed by atoms with E-state index in [1.807, 2.05) is 33.0 Å². The minimum absolute atomic E-state index is 0.0700. The summed E-state index contributed by atoms with van der Waals surface area (Å²) in [6, 6.07) is 4.10. The number of amidine groups is 1. The summed E-state index contributed by atoms with van der Waals surface area (Å²) in [6.45, 7) is 6.85. The number of hydrogen-bond acceptors (Lipinski definition) is 5. The fraction of sp³-hybridized carbons (Fsp3) is 0.630. The largest absolute Gasteiger partial charge is 0.388 e. The van der Waals surface area contributed by atoms with Gasteiger partial charge in [0.25, 0.3) is 5.91 Å². The van der Waals surface area contributed by atoms with Crippen LogP contribution in [-0.2, 0) is 21.2 Å². The van der Waals surface area contributed by atoms with Crippen LogP contribution >= 0.6 is 0 Å². The van der Waals surface area contributed by atoms with Crippen molar-refractivity contribution in [1.29, 1.82) is 0 Å². The quantitative estimate of drug-likeness (QED) is 0.376. The third-order valence-corrected chi connectivity index (χ3v) is 8.93. The van der Waals surface area contributed by atoms with Crippen LogP contribution in [0.2, 0.25) is 0 Å². The van der Waals surface area contributed by atoms with E-state index in [1.165, 1.54) is 4.31 Å². The van der Waals surface area contributed by atoms with Gasteiger partial charge in [-0.25, -0.2) is 12.7 Å². The van der Waals surface area contributed by atoms with Crippen molar-refractivity contribution in [2.45, 2.75) is 84.1 Å². The van der Waals surface area contributed by atoms with Crippen LogP contribution in [0, 0.1) is 25.7 Å². The van der Waals surface area contributed by atoms with Crippen molar-refractivity contribution in [3.63, 3.8) is 0 Å². The number of unbranched alkanes of at least 4 members (excludes halogenated alkanes) is 3. The van der Waals surface area contributed by atoms with Crippen molar-refractivity contribution in [3.05, 3.63) is 28.8 Å². The van der Waals surface area contributed by atoms with Crippen LogP contribution in [0.3, 0.4) is 0 Å². The number of aliphatic imine (C=N–C) groups is 1. The number of rotatable bonds is 10. The molecule has 35 heavy (non-hydrogen) atoms. The van der Waals surface area contributed by atoms with Crippen LogP contribution < -0.4 is 10.6 Å². The number of anilines is 1. The van der Waals surface area contributed by atoms with Crippen molar-refractivity contribution in [1.82, 2.24) is 9.62 Å². The second-order valence-electron chi connectivity index (χ2n) is 9.66. The molecule has 7 nitrogen and oxygen atoms in total. The lowest BCUT2D eigenvalue weighted by Crippen LogP contribution is -2.50. The van der Waals surface area contributed by atoms with E-state index in [4.69, 9.17) is 4.99 Å². The van der Waals surface area contributed by atoms with Crippen molar-refractivity contribution in [3.8, 4) is 11.8 Å². The highest BCUT2D eigenvalue weighted by Crippen LogP contribution is 2.32. The normalized spacial score (nSPS) is 17.6. The van der Waals surface area contributed by atoms with E-state index in [1.54, 1.807) is 0 Å². The van der Waals surface area contributed by atoms with Gasteiger partial charge in [-0.2, -0.15) is 0 Å². The summed E-state index contributed by atoms with van der Waals surface area (Å²) < 4.78 is 27.7. The maximum atomic E-state index is 13.1. The lowest BCUT2D eigenvalue weighted by atomic mass is 9.89. The maximum absolute atomic E-state index is 13.1. The van der Waals surface area contributed by atoms with Crippen molar-refractivity contribution < 1.29 is 13.2 Å². The Kier molecular flexibility index (Phi) is 9.37. The third-order valence-electron chi connectivity index (χ3n) is 7.06. The third kappa shape index (κ3) is 6.86. The first kappa shape index (κ1) is 27.2. The average Bonchev–Trinajstić information content (AvgIpc) is 3.12. The van der Waals surface area contributed by atoms with Crippen LogP contribution in [0.25, 0.3) is 0 Å². The first-order valence-corrected chi connectivity index (χ1v) is 14.4. The van der Waals surface area contributed by atoms with E-state index in [2.05, 4.69) is 29.4 Å². The Labute approximate surface area is 211 Å². The molecule has 0 unspecified atom stereocenters. The molecule has 0 aliphatic carbocycles. The monoisotopic (exact) mass is 500 g/mol. The fourth-order valence-electron chi connectivity index (χ4n) is 4.85. The summed E-state index contributed by atoms with van der Waals surface area (Å²) in [5.41, 5.74) is 3.49. The lowest BCUT2D eigenvalue weighted by molar-refractivity contribution is -0.124. The molecule has 1 spiro atoms. The predicted octanol–water partition coefficient (Wildman–Crippen LogP) is 3.94. The van der Waals surface area contributed by atoms with Gasteiger partial charge in [-0.1, -0.05) is 13.3 Å². The first-order chi connectivity index (χ1) is 16.7. The molecule has 1 aromatic carbocycles. The summed E-state index contributed by atoms with van der Waals surface area (Å²) in [6.07, 6.45) is 6.92. The van der Waals surface area contributed by atoms with Crippen LogP contribution in [-0.4, -0.2) is 55.9 Å². The van der Waals surface area contributed by atoms with E-state index in [0.717, 1.165) is 60.3 Å². The van der Waals surface area contributed by atoms with E-state index in [-0.39, 0.29) is 11.7 Å². The van der Waals surface area contributed by atoms with Gasteiger partial charge in [0, 0.05) is 45.1 Å². The Bertz CT molecular complexity index is 1080. The van der Waals surface area contributed by atoms with Crippen molar-refractivity contribution in [2.24, 2.45) is 4.99 Å². The van der Waals surface area contributed by atoms with Crippen molar-refractivity contribution in [2.75, 3.05) is 31.2 Å². The van der Waals surface area contributed by atoms with Crippen molar-refractivity contribution >= 4 is 27.5 Å². The van der Waals surface area contributed by atoms with Crippen LogP contribution in [0.5, 0.6) is 0 Å². The molecular formula is C27H40N4O3S. The maximum Gasteiger partial charge on any atom is 0.253 e. The van der Waals surface area contributed by atoms with Gasteiger partial charge in [0.15, 0.2) is 0 Å². The molecule has 8 heteroatoms. The fourth-order valence-corrected chi connectivity index (χ4v) is 6.31. The number of nitrogens with zero attached hydrogens (tertiary/aromatic N) is 2. The van der Waals surface area contributed by atoms with Gasteiger partial charge < -0.3 is 10.6 Å². The van der Waals surface area contributed by atoms with Gasteiger partial charge in [-0.15, -0.1) is 11.8 Å². The Hall–Kier alpha value is -2.37. The second-order valence-corrected chi connectivity index (χ2v) is 11.7. The number of benzene rings is 1. The molecule has 3 rings (SSSR count). The Morgan fingerprint density at radius 2 is 1.71 bits per heavy atom. The van der Waals surface area contributed by atoms with Crippen LogP contribution in [0.1, 0.15) is 75.0 Å². The topological polar surface area (TPSA) is 90.9 Å². The molecule has 1 amide bonds. The predicted molar refractivity (Wildman–Crippen MR) is 143 cm³/mol. The van der Waals surface area contributed by atoms with Gasteiger partial charge in [-0.05, 0) is 74.8 Å². The summed E-state index contributed by atoms with van der Waals surface area (Å²) in [5, 5.41) is 6.08. The molecular weight excluding hydrogens is 460 g/mol. The zero-order valence-electron chi connectivity index (χ0n) is 21.7. The van der Waals surface area contributed by atoms with E-state index >= 15 is 0 Å². The SMILES string of the molecule is CCCCC#CCCCC1=NC2(CCN(S(=O)(=O)CCc3c(C)cc(NC)cc3C)CC2)C(=O)N1. The number of piperidine rings is 1. The van der Waals surface area contributed by atoms with Gasteiger partial charge >= 0.3 is 0 Å². The molecule has 1 fully saturated rings. The number of hydrogen-bond donors (Lipinski definition) is 2. The lowest BCUT2D eigenvalue weighted by Gasteiger charge is -2.34. The first-order valence-electron chi connectivity index (χ1n) is 12.8. The van der Waals surface area contributed by atoms with E-state index in [0.29, 0.717) is 38.8 Å². The molecule has 192 valence electrons. The highest BCUT2D eigenvalue weighted by atomic mass is 32.2. The molecule has 2 aliphatic heterocycles. The highest BCUT2D eigenvalue weighted by Gasteiger charge is 2.47. The highest BCUT2D eigenvalue weighted by molar-refractivity contribution is 7.89. The number of nitrogens with one attached hydrogen (secondary N) is 2. The number of amides is 1. The smallest absolute Gasteiger partial charge is 0.253 e. The second kappa shape index (κ2) is 12.0. The van der Waals surface area contributed by atoms with Gasteiger partial charge in [-0.3, -0.25) is 9.79 Å². The van der Waals surface area contributed by atoms with Gasteiger partial charge in [0.1, 0.15) is 11.4 Å². The van der Waals surface area contributed by atoms with Crippen LogP contribution in [0.15, 0.2) is 17.1 Å². The van der Waals surface area contributed by atoms with E-state index < -0.39 is 15.6 Å². The summed E-state index contributed by atoms with van der Waals surface area (Å²) in [4.78, 5) is 17.5. The minimum atomic E-state index is -3.41. The molecule has 0 bridgehead atoms. The molecule has 2 N–H and O–H groups in total.